The zero-order valence-electron chi connectivity index (χ0n) is 13.2. The summed E-state index contributed by atoms with van der Waals surface area (Å²) in [5, 5.41) is 41.8. The Morgan fingerprint density at radius 3 is 2.44 bits per heavy atom. The van der Waals surface area contributed by atoms with Crippen molar-refractivity contribution in [2.45, 2.75) is 42.7 Å². The zero-order chi connectivity index (χ0) is 19.2. The molecule has 148 valence electrons. The summed E-state index contributed by atoms with van der Waals surface area (Å²) < 4.78 is 50.2. The Kier molecular flexibility index (Phi) is 9.20. The van der Waals surface area contributed by atoms with Gasteiger partial charge >= 0.3 is 10.4 Å². The van der Waals surface area contributed by atoms with Crippen molar-refractivity contribution in [1.82, 2.24) is 0 Å². The number of thioether (sulfide) groups is 1. The van der Waals surface area contributed by atoms with Crippen LogP contribution >= 0.6 is 11.8 Å². The third kappa shape index (κ3) is 7.84. The van der Waals surface area contributed by atoms with Crippen molar-refractivity contribution in [2.24, 2.45) is 5.16 Å². The fourth-order valence-corrected chi connectivity index (χ4v) is 3.83. The van der Waals surface area contributed by atoms with E-state index in [0.29, 0.717) is 23.9 Å². The molecule has 0 aromatic carbocycles. The highest BCUT2D eigenvalue weighted by Gasteiger charge is 2.44. The Labute approximate surface area is 151 Å². The predicted octanol–water partition coefficient (Wildman–Crippen LogP) is -2.19. The van der Waals surface area contributed by atoms with E-state index in [1.165, 1.54) is 6.26 Å². The summed E-state index contributed by atoms with van der Waals surface area (Å²) in [6.45, 7) is -0.620. The quantitative estimate of drug-likeness (QED) is 0.124. The average molecular weight is 423 g/mol. The molecule has 0 amide bonds. The highest BCUT2D eigenvalue weighted by molar-refractivity contribution is 8.14. The Hall–Kier alpha value is -0.320. The number of aliphatic hydroxyl groups is 4. The lowest BCUT2D eigenvalue weighted by Crippen LogP contribution is -2.57. The lowest BCUT2D eigenvalue weighted by molar-refractivity contribution is -0.205. The van der Waals surface area contributed by atoms with Gasteiger partial charge in [-0.1, -0.05) is 16.9 Å². The molecule has 6 atom stereocenters. The van der Waals surface area contributed by atoms with Crippen LogP contribution < -0.4 is 0 Å². The molecule has 1 aliphatic rings. The number of rotatable bonds is 8. The lowest BCUT2D eigenvalue weighted by atomic mass is 10.0. The first-order chi connectivity index (χ1) is 11.5. The molecule has 1 fully saturated rings. The van der Waals surface area contributed by atoms with E-state index in [1.807, 2.05) is 0 Å². The van der Waals surface area contributed by atoms with Gasteiger partial charge in [0.2, 0.25) is 0 Å². The highest BCUT2D eigenvalue weighted by Crippen LogP contribution is 2.30. The van der Waals surface area contributed by atoms with Crippen molar-refractivity contribution >= 4 is 38.0 Å². The molecule has 0 radical (unpaired) electrons. The van der Waals surface area contributed by atoms with Crippen LogP contribution in [0.15, 0.2) is 5.16 Å². The average Bonchev–Trinajstić information content (AvgIpc) is 2.51. The third-order valence-electron chi connectivity index (χ3n) is 3.16. The molecule has 1 rings (SSSR count). The van der Waals surface area contributed by atoms with Crippen LogP contribution in [0.3, 0.4) is 0 Å². The monoisotopic (exact) mass is 423 g/mol. The van der Waals surface area contributed by atoms with Gasteiger partial charge in [0.1, 0.15) is 34.9 Å². The first kappa shape index (κ1) is 22.7. The van der Waals surface area contributed by atoms with Gasteiger partial charge in [0.05, 0.1) is 6.61 Å². The maximum atomic E-state index is 11.1. The predicted molar refractivity (Wildman–Crippen MR) is 89.6 cm³/mol. The van der Waals surface area contributed by atoms with Gasteiger partial charge in [-0.15, -0.1) is 0 Å². The largest absolute Gasteiger partial charge is 0.466 e. The van der Waals surface area contributed by atoms with Crippen LogP contribution in [0.4, 0.5) is 0 Å². The van der Waals surface area contributed by atoms with E-state index in [1.54, 1.807) is 0 Å². The lowest BCUT2D eigenvalue weighted by Gasteiger charge is -2.39. The molecule has 1 saturated heterocycles. The van der Waals surface area contributed by atoms with Crippen LogP contribution in [-0.2, 0) is 30.2 Å². The maximum absolute atomic E-state index is 11.1. The standard InChI is InChI=1S/C11H21NO10S3/c1-24(17)4-2-3-7(12-22-25(18,19)20)23-11-10(16)9(15)8(14)6(5-13)21-11/h6,8-11,13-16H,2-5H2,1H3,(H,18,19,20)/t6-,8-,9+,10-,11+,24?/m1/s1. The molecular weight excluding hydrogens is 402 g/mol. The molecule has 11 nitrogen and oxygen atoms in total. The number of aliphatic hydroxyl groups excluding tert-OH is 4. The highest BCUT2D eigenvalue weighted by atomic mass is 32.3. The normalized spacial score (nSPS) is 32.4. The van der Waals surface area contributed by atoms with Crippen molar-refractivity contribution in [1.29, 1.82) is 0 Å². The molecule has 14 heteroatoms. The van der Waals surface area contributed by atoms with E-state index in [4.69, 9.17) is 14.4 Å². The van der Waals surface area contributed by atoms with Gasteiger partial charge < -0.3 is 25.2 Å². The Balaban J connectivity index is 2.85. The molecule has 1 unspecified atom stereocenters. The van der Waals surface area contributed by atoms with Crippen molar-refractivity contribution in [3.05, 3.63) is 0 Å². The van der Waals surface area contributed by atoms with E-state index in [9.17, 15) is 27.9 Å². The third-order valence-corrected chi connectivity index (χ3v) is 5.46. The Morgan fingerprint density at radius 2 is 1.92 bits per heavy atom. The number of oxime groups is 1. The van der Waals surface area contributed by atoms with Crippen molar-refractivity contribution < 1.29 is 46.6 Å². The topological polar surface area (TPSA) is 183 Å². The van der Waals surface area contributed by atoms with E-state index < -0.39 is 57.7 Å². The van der Waals surface area contributed by atoms with Crippen LogP contribution in [-0.4, -0.2) is 91.1 Å². The van der Waals surface area contributed by atoms with Crippen LogP contribution in [0.1, 0.15) is 12.8 Å². The number of hydrogen-bond acceptors (Lipinski definition) is 11. The Bertz CT molecular complexity index is 581. The molecule has 0 aromatic heterocycles. The summed E-state index contributed by atoms with van der Waals surface area (Å²) in [5.41, 5.74) is -1.19. The summed E-state index contributed by atoms with van der Waals surface area (Å²) in [6.07, 6.45) is -3.92. The van der Waals surface area contributed by atoms with E-state index in [0.717, 1.165) is 0 Å². The maximum Gasteiger partial charge on any atom is 0.466 e. The molecule has 0 aromatic rings. The summed E-state index contributed by atoms with van der Waals surface area (Å²) >= 11 is 0.687. The van der Waals surface area contributed by atoms with Gasteiger partial charge in [-0.25, -0.2) is 4.28 Å². The number of hydrogen-bond donors (Lipinski definition) is 5. The van der Waals surface area contributed by atoms with Crippen LogP contribution in [0.25, 0.3) is 0 Å². The second-order valence-electron chi connectivity index (χ2n) is 5.18. The molecule has 0 spiro atoms. The molecular formula is C11H21NO10S3. The van der Waals surface area contributed by atoms with Crippen LogP contribution in [0.5, 0.6) is 0 Å². The summed E-state index contributed by atoms with van der Waals surface area (Å²) in [4.78, 5) is 0. The van der Waals surface area contributed by atoms with Crippen molar-refractivity contribution in [3.63, 3.8) is 0 Å². The first-order valence-corrected chi connectivity index (χ1v) is 11.0. The fraction of sp³-hybridized carbons (Fsp3) is 0.909. The second-order valence-corrected chi connectivity index (χ2v) is 8.91. The molecule has 1 aliphatic heterocycles. The fourth-order valence-electron chi connectivity index (χ4n) is 1.94. The molecule has 25 heavy (non-hydrogen) atoms. The van der Waals surface area contributed by atoms with Gasteiger partial charge in [0, 0.05) is 29.2 Å². The minimum atomic E-state index is -4.84. The smallest absolute Gasteiger partial charge is 0.394 e. The minimum Gasteiger partial charge on any atom is -0.394 e. The van der Waals surface area contributed by atoms with Crippen molar-refractivity contribution in [3.8, 4) is 0 Å². The Morgan fingerprint density at radius 1 is 1.28 bits per heavy atom. The molecule has 0 bridgehead atoms. The van der Waals surface area contributed by atoms with Gasteiger partial charge in [-0.05, 0) is 6.42 Å². The molecule has 0 aliphatic carbocycles. The molecule has 5 N–H and O–H groups in total. The van der Waals surface area contributed by atoms with Crippen LogP contribution in [0, 0.1) is 0 Å². The SMILES string of the molecule is CS(=O)CCCC(=NOS(=O)(=O)O)S[C@@H]1O[C@H](CO)[C@@H](O)[C@H](O)[C@H]1O. The first-order valence-electron chi connectivity index (χ1n) is 7.05. The van der Waals surface area contributed by atoms with Gasteiger partial charge in [-0.3, -0.25) is 8.76 Å². The molecule has 0 saturated carbocycles. The van der Waals surface area contributed by atoms with Crippen molar-refractivity contribution in [2.75, 3.05) is 18.6 Å². The van der Waals surface area contributed by atoms with E-state index in [2.05, 4.69) is 9.44 Å². The molecule has 1 heterocycles. The number of nitrogens with zero attached hydrogens (tertiary/aromatic N) is 1. The number of ether oxygens (including phenoxy) is 1. The summed E-state index contributed by atoms with van der Waals surface area (Å²) in [7, 11) is -5.94. The van der Waals surface area contributed by atoms with E-state index >= 15 is 0 Å². The van der Waals surface area contributed by atoms with Gasteiger partial charge in [0.25, 0.3) is 0 Å². The van der Waals surface area contributed by atoms with E-state index in [-0.39, 0.29) is 11.5 Å². The van der Waals surface area contributed by atoms with Crippen LogP contribution in [0.2, 0.25) is 0 Å². The minimum absolute atomic E-state index is 0.0209. The summed E-state index contributed by atoms with van der Waals surface area (Å²) in [5.74, 6) is 0.292. The van der Waals surface area contributed by atoms with Gasteiger partial charge in [-0.2, -0.15) is 8.42 Å². The zero-order valence-corrected chi connectivity index (χ0v) is 15.6. The summed E-state index contributed by atoms with van der Waals surface area (Å²) in [6, 6.07) is 0. The van der Waals surface area contributed by atoms with Gasteiger partial charge in [0.15, 0.2) is 0 Å². The second kappa shape index (κ2) is 10.1.